The summed E-state index contributed by atoms with van der Waals surface area (Å²) in [4.78, 5) is 15.3. The third-order valence-electron chi connectivity index (χ3n) is 2.96. The van der Waals surface area contributed by atoms with Gasteiger partial charge in [-0.05, 0) is 29.6 Å². The second-order valence-electron chi connectivity index (χ2n) is 4.76. The summed E-state index contributed by atoms with van der Waals surface area (Å²) in [6.45, 7) is 1.59. The van der Waals surface area contributed by atoms with Gasteiger partial charge in [0.1, 0.15) is 5.82 Å². The lowest BCUT2D eigenvalue weighted by molar-refractivity contribution is -0.114. The summed E-state index contributed by atoms with van der Waals surface area (Å²) in [6.07, 6.45) is 0. The van der Waals surface area contributed by atoms with Crippen molar-refractivity contribution in [2.24, 2.45) is 0 Å². The van der Waals surface area contributed by atoms with Gasteiger partial charge in [-0.2, -0.15) is 16.3 Å². The number of benzene rings is 1. The van der Waals surface area contributed by atoms with Gasteiger partial charge in [0.05, 0.1) is 17.8 Å². The Morgan fingerprint density at radius 3 is 3.00 bits per heavy atom. The first-order valence-electron chi connectivity index (χ1n) is 6.78. The molecule has 0 radical (unpaired) electrons. The van der Waals surface area contributed by atoms with Crippen LogP contribution in [0.25, 0.3) is 11.5 Å². The maximum atomic E-state index is 13.8. The molecule has 23 heavy (non-hydrogen) atoms. The number of hydrogen-bond donors (Lipinski definition) is 2. The number of nitrogens with zero attached hydrogens (tertiary/aromatic N) is 2. The molecule has 2 aromatic heterocycles. The Balaban J connectivity index is 1.69. The van der Waals surface area contributed by atoms with Crippen LogP contribution in [0.3, 0.4) is 0 Å². The van der Waals surface area contributed by atoms with Crippen LogP contribution in [0.15, 0.2) is 39.5 Å². The minimum Gasteiger partial charge on any atom is -0.375 e. The molecule has 1 amide bonds. The maximum Gasteiger partial charge on any atom is 0.258 e. The summed E-state index contributed by atoms with van der Waals surface area (Å²) < 4.78 is 19.0. The number of amides is 1. The van der Waals surface area contributed by atoms with Gasteiger partial charge >= 0.3 is 0 Å². The molecule has 0 aliphatic rings. The molecule has 2 heterocycles. The number of thiophene rings is 1. The molecular formula is C15H13FN4O2S. The monoisotopic (exact) mass is 332 g/mol. The molecule has 0 atom stereocenters. The first kappa shape index (κ1) is 15.2. The fourth-order valence-electron chi connectivity index (χ4n) is 1.95. The van der Waals surface area contributed by atoms with Crippen molar-refractivity contribution in [3.63, 3.8) is 0 Å². The van der Waals surface area contributed by atoms with Crippen molar-refractivity contribution in [2.75, 3.05) is 10.6 Å². The maximum absolute atomic E-state index is 13.8. The highest BCUT2D eigenvalue weighted by Crippen LogP contribution is 2.22. The van der Waals surface area contributed by atoms with Crippen LogP contribution in [0.4, 0.5) is 15.8 Å². The quantitative estimate of drug-likeness (QED) is 0.747. The van der Waals surface area contributed by atoms with Gasteiger partial charge in [0, 0.05) is 18.0 Å². The SMILES string of the molecule is CC(=O)Nc1ccc(F)c(NCc2noc(-c3ccsc3)n2)c1. The molecule has 6 nitrogen and oxygen atoms in total. The van der Waals surface area contributed by atoms with E-state index in [9.17, 15) is 9.18 Å². The van der Waals surface area contributed by atoms with Crippen LogP contribution >= 0.6 is 11.3 Å². The molecule has 0 aliphatic carbocycles. The smallest absolute Gasteiger partial charge is 0.258 e. The van der Waals surface area contributed by atoms with Crippen molar-refractivity contribution in [2.45, 2.75) is 13.5 Å². The minimum absolute atomic E-state index is 0.202. The number of rotatable bonds is 5. The largest absolute Gasteiger partial charge is 0.375 e. The predicted molar refractivity (Wildman–Crippen MR) is 85.6 cm³/mol. The number of aromatic nitrogens is 2. The van der Waals surface area contributed by atoms with Crippen LogP contribution in [0.2, 0.25) is 0 Å². The molecule has 0 saturated heterocycles. The van der Waals surface area contributed by atoms with E-state index in [4.69, 9.17) is 4.52 Å². The van der Waals surface area contributed by atoms with Gasteiger partial charge in [-0.1, -0.05) is 5.16 Å². The van der Waals surface area contributed by atoms with Crippen molar-refractivity contribution < 1.29 is 13.7 Å². The van der Waals surface area contributed by atoms with Crippen molar-refractivity contribution in [3.05, 3.63) is 46.7 Å². The molecule has 3 aromatic rings. The molecule has 3 rings (SSSR count). The molecule has 2 N–H and O–H groups in total. The van der Waals surface area contributed by atoms with Crippen molar-refractivity contribution in [3.8, 4) is 11.5 Å². The molecule has 8 heteroatoms. The van der Waals surface area contributed by atoms with E-state index < -0.39 is 5.82 Å². The normalized spacial score (nSPS) is 10.5. The topological polar surface area (TPSA) is 80.0 Å². The minimum atomic E-state index is -0.430. The number of halogens is 1. The molecule has 1 aromatic carbocycles. The van der Waals surface area contributed by atoms with Gasteiger partial charge in [-0.15, -0.1) is 0 Å². The first-order chi connectivity index (χ1) is 11.1. The number of hydrogen-bond acceptors (Lipinski definition) is 6. The van der Waals surface area contributed by atoms with E-state index in [1.54, 1.807) is 0 Å². The van der Waals surface area contributed by atoms with Gasteiger partial charge in [-0.3, -0.25) is 4.79 Å². The zero-order chi connectivity index (χ0) is 16.2. The van der Waals surface area contributed by atoms with Gasteiger partial charge < -0.3 is 15.2 Å². The summed E-state index contributed by atoms with van der Waals surface area (Å²) in [7, 11) is 0. The van der Waals surface area contributed by atoms with Gasteiger partial charge in [0.2, 0.25) is 5.91 Å². The van der Waals surface area contributed by atoms with Crippen molar-refractivity contribution in [1.82, 2.24) is 10.1 Å². The fraction of sp³-hybridized carbons (Fsp3) is 0.133. The lowest BCUT2D eigenvalue weighted by Gasteiger charge is -2.08. The summed E-state index contributed by atoms with van der Waals surface area (Å²) in [5.41, 5.74) is 1.61. The van der Waals surface area contributed by atoms with E-state index in [-0.39, 0.29) is 18.1 Å². The summed E-state index contributed by atoms with van der Waals surface area (Å²) in [6, 6.07) is 6.16. The van der Waals surface area contributed by atoms with Crippen LogP contribution < -0.4 is 10.6 Å². The number of nitrogens with one attached hydrogen (secondary N) is 2. The molecule has 0 aliphatic heterocycles. The summed E-state index contributed by atoms with van der Waals surface area (Å²) >= 11 is 1.53. The Labute approximate surface area is 135 Å². The highest BCUT2D eigenvalue weighted by molar-refractivity contribution is 7.08. The number of carbonyl (C=O) groups excluding carboxylic acids is 1. The molecule has 0 bridgehead atoms. The second kappa shape index (κ2) is 6.57. The fourth-order valence-corrected chi connectivity index (χ4v) is 2.57. The molecular weight excluding hydrogens is 319 g/mol. The Morgan fingerprint density at radius 1 is 1.39 bits per heavy atom. The Bertz CT molecular complexity index is 817. The van der Waals surface area contributed by atoms with Crippen molar-refractivity contribution in [1.29, 1.82) is 0 Å². The van der Waals surface area contributed by atoms with Gasteiger partial charge in [0.15, 0.2) is 5.82 Å². The van der Waals surface area contributed by atoms with Crippen LogP contribution in [0, 0.1) is 5.82 Å². The third-order valence-corrected chi connectivity index (χ3v) is 3.64. The predicted octanol–water partition coefficient (Wildman–Crippen LogP) is 3.51. The first-order valence-corrected chi connectivity index (χ1v) is 7.72. The van der Waals surface area contributed by atoms with E-state index in [1.807, 2.05) is 16.8 Å². The molecule has 118 valence electrons. The standard InChI is InChI=1S/C15H13FN4O2S/c1-9(21)18-11-2-3-12(16)13(6-11)17-7-14-19-15(22-20-14)10-4-5-23-8-10/h2-6,8,17H,7H2,1H3,(H,18,21). The lowest BCUT2D eigenvalue weighted by atomic mass is 10.2. The molecule has 0 unspecified atom stereocenters. The molecule has 0 saturated carbocycles. The average molecular weight is 332 g/mol. The zero-order valence-electron chi connectivity index (χ0n) is 12.2. The van der Waals surface area contributed by atoms with E-state index in [2.05, 4.69) is 20.8 Å². The Morgan fingerprint density at radius 2 is 2.26 bits per heavy atom. The van der Waals surface area contributed by atoms with Crippen LogP contribution in [0.1, 0.15) is 12.7 Å². The van der Waals surface area contributed by atoms with E-state index in [0.717, 1.165) is 5.56 Å². The Hall–Kier alpha value is -2.74. The summed E-state index contributed by atoms with van der Waals surface area (Å²) in [5.74, 6) is 0.188. The molecule has 0 spiro atoms. The van der Waals surface area contributed by atoms with E-state index >= 15 is 0 Å². The lowest BCUT2D eigenvalue weighted by Crippen LogP contribution is -2.08. The van der Waals surface area contributed by atoms with E-state index in [1.165, 1.54) is 36.5 Å². The van der Waals surface area contributed by atoms with Gasteiger partial charge in [-0.25, -0.2) is 4.39 Å². The third kappa shape index (κ3) is 3.72. The van der Waals surface area contributed by atoms with Gasteiger partial charge in [0.25, 0.3) is 5.89 Å². The number of carbonyl (C=O) groups is 1. The second-order valence-corrected chi connectivity index (χ2v) is 5.54. The molecule has 0 fully saturated rings. The number of anilines is 2. The zero-order valence-corrected chi connectivity index (χ0v) is 13.0. The van der Waals surface area contributed by atoms with Crippen LogP contribution in [-0.4, -0.2) is 16.0 Å². The summed E-state index contributed by atoms with van der Waals surface area (Å²) in [5, 5.41) is 13.2. The van der Waals surface area contributed by atoms with Crippen LogP contribution in [0.5, 0.6) is 0 Å². The van der Waals surface area contributed by atoms with Crippen LogP contribution in [-0.2, 0) is 11.3 Å². The highest BCUT2D eigenvalue weighted by atomic mass is 32.1. The highest BCUT2D eigenvalue weighted by Gasteiger charge is 2.10. The van der Waals surface area contributed by atoms with E-state index in [0.29, 0.717) is 17.4 Å². The van der Waals surface area contributed by atoms with Crippen molar-refractivity contribution >= 4 is 28.6 Å². The average Bonchev–Trinajstić information content (AvgIpc) is 3.17. The Kier molecular flexibility index (Phi) is 4.33.